The topological polar surface area (TPSA) is 15.3 Å². The zero-order chi connectivity index (χ0) is 13.8. The number of hydrogen-bond donors (Lipinski definition) is 1. The maximum atomic E-state index is 13.6. The lowest BCUT2D eigenvalue weighted by atomic mass is 9.95. The van der Waals surface area contributed by atoms with Crippen LogP contribution in [0.5, 0.6) is 0 Å². The number of benzene rings is 1. The Bertz CT molecular complexity index is 406. The van der Waals surface area contributed by atoms with Crippen LogP contribution < -0.4 is 5.32 Å². The van der Waals surface area contributed by atoms with Gasteiger partial charge in [0.1, 0.15) is 5.82 Å². The maximum absolute atomic E-state index is 13.6. The van der Waals surface area contributed by atoms with Crippen molar-refractivity contribution in [3.8, 4) is 0 Å². The molecule has 0 aromatic heterocycles. The molecule has 1 aromatic rings. The minimum Gasteiger partial charge on any atom is -0.314 e. The van der Waals surface area contributed by atoms with Crippen LogP contribution in [0.3, 0.4) is 0 Å². The Labute approximate surface area is 147 Å². The molecule has 6 heteroatoms. The van der Waals surface area contributed by atoms with Gasteiger partial charge in [0.15, 0.2) is 0 Å². The van der Waals surface area contributed by atoms with E-state index in [0.717, 1.165) is 42.6 Å². The second kappa shape index (κ2) is 10.0. The molecule has 0 spiro atoms. The van der Waals surface area contributed by atoms with Crippen molar-refractivity contribution < 1.29 is 4.39 Å². The van der Waals surface area contributed by atoms with Gasteiger partial charge < -0.3 is 5.32 Å². The molecule has 1 aliphatic heterocycles. The van der Waals surface area contributed by atoms with Crippen molar-refractivity contribution in [2.24, 2.45) is 5.92 Å². The summed E-state index contributed by atoms with van der Waals surface area (Å²) in [5.41, 5.74) is 1.09. The third-order valence-corrected chi connectivity index (χ3v) is 4.01. The predicted octanol–water partition coefficient (Wildman–Crippen LogP) is 4.42. The minimum absolute atomic E-state index is 0. The highest BCUT2D eigenvalue weighted by Gasteiger charge is 2.23. The summed E-state index contributed by atoms with van der Waals surface area (Å²) in [6.45, 7) is 8.56. The molecule has 1 N–H and O–H groups in total. The van der Waals surface area contributed by atoms with Crippen molar-refractivity contribution >= 4 is 40.7 Å². The minimum atomic E-state index is -0.159. The Morgan fingerprint density at radius 3 is 2.33 bits per heavy atom. The summed E-state index contributed by atoms with van der Waals surface area (Å²) in [5.74, 6) is 0.440. The molecule has 122 valence electrons. The Balaban J connectivity index is 0.00000200. The quantitative estimate of drug-likeness (QED) is 0.802. The summed E-state index contributed by atoms with van der Waals surface area (Å²) in [5, 5.41) is 3.37. The van der Waals surface area contributed by atoms with Gasteiger partial charge >= 0.3 is 0 Å². The summed E-state index contributed by atoms with van der Waals surface area (Å²) >= 11 is 3.40. The Hall–Kier alpha value is 0.130. The van der Waals surface area contributed by atoms with Crippen LogP contribution in [0.15, 0.2) is 22.7 Å². The Kier molecular flexibility index (Phi) is 10.1. The highest BCUT2D eigenvalue weighted by Crippen LogP contribution is 2.30. The van der Waals surface area contributed by atoms with Crippen molar-refractivity contribution in [2.75, 3.05) is 26.2 Å². The van der Waals surface area contributed by atoms with Crippen LogP contribution in [0.2, 0.25) is 0 Å². The smallest absolute Gasteiger partial charge is 0.124 e. The summed E-state index contributed by atoms with van der Waals surface area (Å²) in [7, 11) is 0. The molecule has 1 saturated heterocycles. The van der Waals surface area contributed by atoms with Gasteiger partial charge in [0, 0.05) is 36.7 Å². The number of nitrogens with zero attached hydrogens (tertiary/aromatic N) is 1. The van der Waals surface area contributed by atoms with Gasteiger partial charge in [-0.25, -0.2) is 4.39 Å². The predicted molar refractivity (Wildman–Crippen MR) is 95.2 cm³/mol. The summed E-state index contributed by atoms with van der Waals surface area (Å²) in [4.78, 5) is 2.47. The largest absolute Gasteiger partial charge is 0.314 e. The van der Waals surface area contributed by atoms with Crippen molar-refractivity contribution in [3.05, 3.63) is 34.1 Å². The van der Waals surface area contributed by atoms with Crippen LogP contribution in [-0.2, 0) is 0 Å². The van der Waals surface area contributed by atoms with Gasteiger partial charge in [0.25, 0.3) is 0 Å². The zero-order valence-electron chi connectivity index (χ0n) is 12.4. The second-order valence-corrected chi connectivity index (χ2v) is 6.55. The molecule has 1 atom stereocenters. The van der Waals surface area contributed by atoms with Gasteiger partial charge in [0.2, 0.25) is 0 Å². The molecule has 1 aliphatic rings. The Morgan fingerprint density at radius 2 is 1.81 bits per heavy atom. The van der Waals surface area contributed by atoms with Crippen LogP contribution in [-0.4, -0.2) is 31.1 Å². The van der Waals surface area contributed by atoms with E-state index in [1.807, 2.05) is 0 Å². The second-order valence-electron chi connectivity index (χ2n) is 5.63. The van der Waals surface area contributed by atoms with E-state index in [-0.39, 0.29) is 30.6 Å². The van der Waals surface area contributed by atoms with Gasteiger partial charge in [0.05, 0.1) is 0 Å². The number of hydrogen-bond acceptors (Lipinski definition) is 2. The molecule has 0 bridgehead atoms. The molecule has 2 nitrogen and oxygen atoms in total. The number of halogens is 4. The molecule has 21 heavy (non-hydrogen) atoms. The molecule has 0 unspecified atom stereocenters. The van der Waals surface area contributed by atoms with E-state index < -0.39 is 0 Å². The molecule has 0 amide bonds. The lowest BCUT2D eigenvalue weighted by molar-refractivity contribution is 0.154. The van der Waals surface area contributed by atoms with Crippen LogP contribution in [0.1, 0.15) is 31.9 Å². The average molecular weight is 402 g/mol. The van der Waals surface area contributed by atoms with E-state index in [9.17, 15) is 4.39 Å². The summed E-state index contributed by atoms with van der Waals surface area (Å²) < 4.78 is 14.5. The molecule has 1 fully saturated rings. The van der Waals surface area contributed by atoms with E-state index in [2.05, 4.69) is 46.1 Å². The first-order valence-electron chi connectivity index (χ1n) is 6.97. The lowest BCUT2D eigenvalue weighted by Gasteiger charge is -2.36. The fraction of sp³-hybridized carbons (Fsp3) is 0.600. The molecule has 2 rings (SSSR count). The third-order valence-electron chi connectivity index (χ3n) is 3.56. The van der Waals surface area contributed by atoms with Crippen molar-refractivity contribution in [1.82, 2.24) is 10.2 Å². The van der Waals surface area contributed by atoms with E-state index in [4.69, 9.17) is 0 Å². The molecule has 0 radical (unpaired) electrons. The van der Waals surface area contributed by atoms with Crippen LogP contribution in [0.25, 0.3) is 0 Å². The summed E-state index contributed by atoms with van der Waals surface area (Å²) in [6.07, 6.45) is 1.07. The number of piperazine rings is 1. The molecule has 1 heterocycles. The standard InChI is InChI=1S/C15H22BrFN2.2ClH/c1-11(2)7-15(19-5-3-18-4-6-19)12-8-13(16)10-14(17)9-12;;/h8-11,15,18H,3-7H2,1-2H3;2*1H/t15-;;/m1../s1. The molecular formula is C15H24BrCl2FN2. The van der Waals surface area contributed by atoms with E-state index >= 15 is 0 Å². The zero-order valence-corrected chi connectivity index (χ0v) is 15.7. The number of nitrogens with one attached hydrogen (secondary N) is 1. The monoisotopic (exact) mass is 400 g/mol. The first-order valence-corrected chi connectivity index (χ1v) is 7.76. The first kappa shape index (κ1) is 21.1. The summed E-state index contributed by atoms with van der Waals surface area (Å²) in [6, 6.07) is 5.57. The fourth-order valence-corrected chi connectivity index (χ4v) is 3.19. The number of rotatable bonds is 4. The lowest BCUT2D eigenvalue weighted by Crippen LogP contribution is -2.45. The molecule has 0 saturated carbocycles. The van der Waals surface area contributed by atoms with Gasteiger partial charge in [-0.15, -0.1) is 24.8 Å². The Morgan fingerprint density at radius 1 is 1.19 bits per heavy atom. The third kappa shape index (κ3) is 6.41. The normalized spacial score (nSPS) is 17.0. The first-order chi connectivity index (χ1) is 9.06. The van der Waals surface area contributed by atoms with E-state index in [0.29, 0.717) is 12.0 Å². The van der Waals surface area contributed by atoms with Gasteiger partial charge in [-0.1, -0.05) is 29.8 Å². The van der Waals surface area contributed by atoms with Crippen LogP contribution in [0, 0.1) is 11.7 Å². The molecule has 0 aliphatic carbocycles. The SMILES string of the molecule is CC(C)C[C@H](c1cc(F)cc(Br)c1)N1CCNCC1.Cl.Cl. The van der Waals surface area contributed by atoms with Gasteiger partial charge in [-0.3, -0.25) is 4.90 Å². The van der Waals surface area contributed by atoms with Crippen molar-refractivity contribution in [1.29, 1.82) is 0 Å². The van der Waals surface area contributed by atoms with Crippen molar-refractivity contribution in [2.45, 2.75) is 26.3 Å². The molecular weight excluding hydrogens is 378 g/mol. The van der Waals surface area contributed by atoms with Crippen LogP contribution >= 0.6 is 40.7 Å². The van der Waals surface area contributed by atoms with Crippen LogP contribution in [0.4, 0.5) is 4.39 Å². The highest BCUT2D eigenvalue weighted by molar-refractivity contribution is 9.10. The van der Waals surface area contributed by atoms with E-state index in [1.165, 1.54) is 6.07 Å². The van der Waals surface area contributed by atoms with E-state index in [1.54, 1.807) is 6.07 Å². The van der Waals surface area contributed by atoms with Crippen molar-refractivity contribution in [3.63, 3.8) is 0 Å². The van der Waals surface area contributed by atoms with Gasteiger partial charge in [-0.05, 0) is 36.1 Å². The fourth-order valence-electron chi connectivity index (χ4n) is 2.70. The highest BCUT2D eigenvalue weighted by atomic mass is 79.9. The maximum Gasteiger partial charge on any atom is 0.124 e. The average Bonchev–Trinajstić information content (AvgIpc) is 2.35. The molecule has 1 aromatic carbocycles. The van der Waals surface area contributed by atoms with Gasteiger partial charge in [-0.2, -0.15) is 0 Å².